The first-order valence-corrected chi connectivity index (χ1v) is 5.49. The number of aliphatic hydroxyl groups is 1. The monoisotopic (exact) mass is 241 g/mol. The maximum atomic E-state index is 13.0. The zero-order valence-corrected chi connectivity index (χ0v) is 9.20. The summed E-state index contributed by atoms with van der Waals surface area (Å²) in [5.41, 5.74) is -0.0112. The highest BCUT2D eigenvalue weighted by atomic mass is 19.1. The Kier molecular flexibility index (Phi) is 3.38. The summed E-state index contributed by atoms with van der Waals surface area (Å²) < 4.78 is 26.0. The van der Waals surface area contributed by atoms with Crippen LogP contribution in [-0.4, -0.2) is 35.1 Å². The maximum Gasteiger partial charge on any atom is 0.254 e. The van der Waals surface area contributed by atoms with E-state index in [-0.39, 0.29) is 18.2 Å². The van der Waals surface area contributed by atoms with Crippen molar-refractivity contribution in [3.8, 4) is 0 Å². The molecule has 0 aliphatic carbocycles. The molecule has 2 rings (SSSR count). The van der Waals surface area contributed by atoms with E-state index < -0.39 is 17.5 Å². The van der Waals surface area contributed by atoms with Gasteiger partial charge in [0.2, 0.25) is 0 Å². The van der Waals surface area contributed by atoms with Gasteiger partial charge in [-0.05, 0) is 25.0 Å². The second-order valence-electron chi connectivity index (χ2n) is 4.14. The summed E-state index contributed by atoms with van der Waals surface area (Å²) in [6, 6.07) is 2.51. The normalized spacial score (nSPS) is 19.7. The Bertz CT molecular complexity index is 416. The van der Waals surface area contributed by atoms with Crippen molar-refractivity contribution in [1.82, 2.24) is 4.90 Å². The molecule has 1 N–H and O–H groups in total. The molecule has 17 heavy (non-hydrogen) atoms. The summed E-state index contributed by atoms with van der Waals surface area (Å²) in [5, 5.41) is 9.10. The van der Waals surface area contributed by atoms with E-state index in [1.54, 1.807) is 0 Å². The smallest absolute Gasteiger partial charge is 0.254 e. The molecule has 0 radical (unpaired) electrons. The van der Waals surface area contributed by atoms with E-state index in [0.29, 0.717) is 6.54 Å². The van der Waals surface area contributed by atoms with Gasteiger partial charge in [0, 0.05) is 18.2 Å². The zero-order valence-electron chi connectivity index (χ0n) is 9.20. The molecular weight excluding hydrogens is 228 g/mol. The van der Waals surface area contributed by atoms with Gasteiger partial charge in [-0.15, -0.1) is 0 Å². The van der Waals surface area contributed by atoms with Crippen LogP contribution in [0.3, 0.4) is 0 Å². The molecule has 1 aliphatic rings. The number of hydrogen-bond donors (Lipinski definition) is 1. The molecule has 1 saturated heterocycles. The van der Waals surface area contributed by atoms with Gasteiger partial charge in [-0.25, -0.2) is 8.78 Å². The standard InChI is InChI=1S/C12H13F2NO2/c13-9-4-8(5-10(14)6-9)12(17)15-3-1-2-11(15)7-16/h4-6,11,16H,1-3,7H2/t11-/m1/s1. The minimum Gasteiger partial charge on any atom is -0.394 e. The quantitative estimate of drug-likeness (QED) is 0.853. The lowest BCUT2D eigenvalue weighted by molar-refractivity contribution is 0.0676. The Balaban J connectivity index is 2.24. The van der Waals surface area contributed by atoms with Crippen molar-refractivity contribution in [2.45, 2.75) is 18.9 Å². The van der Waals surface area contributed by atoms with E-state index in [9.17, 15) is 13.6 Å². The summed E-state index contributed by atoms with van der Waals surface area (Å²) in [6.45, 7) is 0.395. The van der Waals surface area contributed by atoms with Crippen LogP contribution in [0.15, 0.2) is 18.2 Å². The largest absolute Gasteiger partial charge is 0.394 e. The third kappa shape index (κ3) is 2.44. The van der Waals surface area contributed by atoms with Crippen molar-refractivity contribution in [2.24, 2.45) is 0 Å². The first-order valence-electron chi connectivity index (χ1n) is 5.49. The first-order chi connectivity index (χ1) is 8.11. The van der Waals surface area contributed by atoms with Crippen LogP contribution in [0.2, 0.25) is 0 Å². The van der Waals surface area contributed by atoms with Crippen LogP contribution in [-0.2, 0) is 0 Å². The highest BCUT2D eigenvalue weighted by Crippen LogP contribution is 2.20. The molecule has 92 valence electrons. The molecule has 3 nitrogen and oxygen atoms in total. The third-order valence-corrected chi connectivity index (χ3v) is 2.96. The number of rotatable bonds is 2. The topological polar surface area (TPSA) is 40.5 Å². The Hall–Kier alpha value is -1.49. The summed E-state index contributed by atoms with van der Waals surface area (Å²) >= 11 is 0. The van der Waals surface area contributed by atoms with Crippen LogP contribution in [0.25, 0.3) is 0 Å². The van der Waals surface area contributed by atoms with Gasteiger partial charge in [0.25, 0.3) is 5.91 Å². The Morgan fingerprint density at radius 3 is 2.59 bits per heavy atom. The van der Waals surface area contributed by atoms with Crippen LogP contribution in [0, 0.1) is 11.6 Å². The SMILES string of the molecule is O=C(c1cc(F)cc(F)c1)N1CCC[C@@H]1CO. The van der Waals surface area contributed by atoms with E-state index in [0.717, 1.165) is 31.0 Å². The zero-order chi connectivity index (χ0) is 12.4. The maximum absolute atomic E-state index is 13.0. The summed E-state index contributed by atoms with van der Waals surface area (Å²) in [6.07, 6.45) is 1.52. The van der Waals surface area contributed by atoms with Gasteiger partial charge in [0.05, 0.1) is 12.6 Å². The van der Waals surface area contributed by atoms with Gasteiger partial charge in [-0.3, -0.25) is 4.79 Å². The van der Waals surface area contributed by atoms with E-state index in [2.05, 4.69) is 0 Å². The number of likely N-dealkylation sites (tertiary alicyclic amines) is 1. The lowest BCUT2D eigenvalue weighted by atomic mass is 10.1. The summed E-state index contributed by atoms with van der Waals surface area (Å²) in [5.74, 6) is -1.97. The van der Waals surface area contributed by atoms with Crippen molar-refractivity contribution in [3.63, 3.8) is 0 Å². The predicted molar refractivity (Wildman–Crippen MR) is 57.5 cm³/mol. The second kappa shape index (κ2) is 4.79. The van der Waals surface area contributed by atoms with Crippen LogP contribution in [0.4, 0.5) is 8.78 Å². The number of hydrogen-bond acceptors (Lipinski definition) is 2. The van der Waals surface area contributed by atoms with Gasteiger partial charge in [-0.2, -0.15) is 0 Å². The van der Waals surface area contributed by atoms with Crippen LogP contribution in [0.1, 0.15) is 23.2 Å². The number of aliphatic hydroxyl groups excluding tert-OH is 1. The van der Waals surface area contributed by atoms with Crippen molar-refractivity contribution in [3.05, 3.63) is 35.4 Å². The van der Waals surface area contributed by atoms with Gasteiger partial charge in [-0.1, -0.05) is 0 Å². The van der Waals surface area contributed by atoms with Crippen molar-refractivity contribution in [2.75, 3.05) is 13.2 Å². The molecule has 1 aromatic rings. The molecule has 0 spiro atoms. The highest BCUT2D eigenvalue weighted by Gasteiger charge is 2.29. The van der Waals surface area contributed by atoms with E-state index in [1.165, 1.54) is 4.90 Å². The second-order valence-corrected chi connectivity index (χ2v) is 4.14. The Labute approximate surface area is 97.7 Å². The minimum absolute atomic E-state index is 0.0112. The summed E-state index contributed by atoms with van der Waals surface area (Å²) in [4.78, 5) is 13.5. The molecule has 0 saturated carbocycles. The van der Waals surface area contributed by atoms with E-state index in [4.69, 9.17) is 5.11 Å². The van der Waals surface area contributed by atoms with Crippen molar-refractivity contribution < 1.29 is 18.7 Å². The highest BCUT2D eigenvalue weighted by molar-refractivity contribution is 5.94. The molecule has 1 heterocycles. The number of carbonyl (C=O) groups excluding carboxylic acids is 1. The number of nitrogens with zero attached hydrogens (tertiary/aromatic N) is 1. The number of halogens is 2. The molecule has 0 aromatic heterocycles. The van der Waals surface area contributed by atoms with Gasteiger partial charge in [0.15, 0.2) is 0 Å². The fraction of sp³-hybridized carbons (Fsp3) is 0.417. The number of benzene rings is 1. The molecule has 0 unspecified atom stereocenters. The molecule has 5 heteroatoms. The Morgan fingerprint density at radius 1 is 1.35 bits per heavy atom. The first kappa shape index (κ1) is 12.0. The van der Waals surface area contributed by atoms with Crippen molar-refractivity contribution >= 4 is 5.91 Å². The van der Waals surface area contributed by atoms with E-state index >= 15 is 0 Å². The Morgan fingerprint density at radius 2 is 2.00 bits per heavy atom. The number of amides is 1. The lowest BCUT2D eigenvalue weighted by Gasteiger charge is -2.23. The molecule has 0 bridgehead atoms. The van der Waals surface area contributed by atoms with Crippen LogP contribution >= 0.6 is 0 Å². The molecule has 1 fully saturated rings. The third-order valence-electron chi connectivity index (χ3n) is 2.96. The van der Waals surface area contributed by atoms with Gasteiger partial charge >= 0.3 is 0 Å². The summed E-state index contributed by atoms with van der Waals surface area (Å²) in [7, 11) is 0. The molecule has 1 atom stereocenters. The molecule has 1 amide bonds. The predicted octanol–water partition coefficient (Wildman–Crippen LogP) is 1.56. The average molecular weight is 241 g/mol. The minimum atomic E-state index is -0.770. The molecular formula is C12H13F2NO2. The fourth-order valence-corrected chi connectivity index (χ4v) is 2.14. The van der Waals surface area contributed by atoms with Gasteiger partial charge < -0.3 is 10.0 Å². The molecule has 1 aromatic carbocycles. The lowest BCUT2D eigenvalue weighted by Crippen LogP contribution is -2.37. The van der Waals surface area contributed by atoms with Gasteiger partial charge in [0.1, 0.15) is 11.6 Å². The van der Waals surface area contributed by atoms with Crippen LogP contribution in [0.5, 0.6) is 0 Å². The molecule has 1 aliphatic heterocycles. The number of carbonyl (C=O) groups is 1. The fourth-order valence-electron chi connectivity index (χ4n) is 2.14. The average Bonchev–Trinajstić information content (AvgIpc) is 2.74. The van der Waals surface area contributed by atoms with E-state index in [1.807, 2.05) is 0 Å². The van der Waals surface area contributed by atoms with Crippen LogP contribution < -0.4 is 0 Å². The van der Waals surface area contributed by atoms with Crippen molar-refractivity contribution in [1.29, 1.82) is 0 Å².